The van der Waals surface area contributed by atoms with Crippen molar-refractivity contribution in [2.45, 2.75) is 6.54 Å². The summed E-state index contributed by atoms with van der Waals surface area (Å²) < 4.78 is 6.90. The Bertz CT molecular complexity index is 828. The van der Waals surface area contributed by atoms with Gasteiger partial charge in [0.25, 0.3) is 0 Å². The largest absolute Gasteiger partial charge is 0.497 e. The lowest BCUT2D eigenvalue weighted by Crippen LogP contribution is -2.30. The Balaban J connectivity index is 1.60. The second kappa shape index (κ2) is 7.53. The second-order valence-electron chi connectivity index (χ2n) is 5.64. The van der Waals surface area contributed by atoms with E-state index in [1.807, 2.05) is 36.5 Å². The fourth-order valence-corrected chi connectivity index (χ4v) is 2.40. The van der Waals surface area contributed by atoms with Crippen LogP contribution < -0.4 is 10.1 Å². The predicted octanol–water partition coefficient (Wildman–Crippen LogP) is 3.54. The fraction of sp³-hybridized carbons (Fsp3) is 0.158. The molecule has 0 spiro atoms. The molecule has 0 saturated heterocycles. The quantitative estimate of drug-likeness (QED) is 0.775. The van der Waals surface area contributed by atoms with Crippen molar-refractivity contribution in [2.75, 3.05) is 19.5 Å². The van der Waals surface area contributed by atoms with Gasteiger partial charge in [-0.1, -0.05) is 18.2 Å². The Labute approximate surface area is 146 Å². The number of ether oxygens (including phenoxy) is 1. The first-order valence-electron chi connectivity index (χ1n) is 7.91. The molecule has 128 valence electrons. The van der Waals surface area contributed by atoms with Gasteiger partial charge < -0.3 is 15.0 Å². The molecule has 1 heterocycles. The van der Waals surface area contributed by atoms with Crippen LogP contribution >= 0.6 is 0 Å². The van der Waals surface area contributed by atoms with Gasteiger partial charge in [0.1, 0.15) is 5.75 Å². The number of rotatable bonds is 5. The number of benzene rings is 2. The molecule has 2 amide bonds. The summed E-state index contributed by atoms with van der Waals surface area (Å²) in [7, 11) is 3.36. The van der Waals surface area contributed by atoms with E-state index in [1.165, 1.54) is 0 Å². The smallest absolute Gasteiger partial charge is 0.321 e. The highest BCUT2D eigenvalue weighted by Crippen LogP contribution is 2.16. The van der Waals surface area contributed by atoms with Crippen LogP contribution in [0.2, 0.25) is 0 Å². The second-order valence-corrected chi connectivity index (χ2v) is 5.64. The van der Waals surface area contributed by atoms with Gasteiger partial charge in [-0.3, -0.25) is 0 Å². The van der Waals surface area contributed by atoms with Crippen LogP contribution in [0.5, 0.6) is 5.75 Å². The van der Waals surface area contributed by atoms with Crippen molar-refractivity contribution in [3.63, 3.8) is 0 Å². The van der Waals surface area contributed by atoms with Gasteiger partial charge >= 0.3 is 6.03 Å². The number of para-hydroxylation sites is 1. The van der Waals surface area contributed by atoms with Crippen LogP contribution in [0.15, 0.2) is 67.0 Å². The zero-order chi connectivity index (χ0) is 17.6. The SMILES string of the molecule is COc1ccc(NC(=O)N(C)Cc2cnn(-c3ccccc3)c2)cc1. The van der Waals surface area contributed by atoms with Crippen LogP contribution in [0.25, 0.3) is 5.69 Å². The zero-order valence-corrected chi connectivity index (χ0v) is 14.2. The summed E-state index contributed by atoms with van der Waals surface area (Å²) in [4.78, 5) is 13.9. The summed E-state index contributed by atoms with van der Waals surface area (Å²) in [6.07, 6.45) is 3.69. The zero-order valence-electron chi connectivity index (χ0n) is 14.2. The van der Waals surface area contributed by atoms with E-state index in [-0.39, 0.29) is 6.03 Å². The van der Waals surface area contributed by atoms with E-state index in [2.05, 4.69) is 10.4 Å². The highest BCUT2D eigenvalue weighted by Gasteiger charge is 2.11. The van der Waals surface area contributed by atoms with Gasteiger partial charge in [-0.25, -0.2) is 9.48 Å². The number of aromatic nitrogens is 2. The molecule has 0 aliphatic heterocycles. The van der Waals surface area contributed by atoms with E-state index in [9.17, 15) is 4.79 Å². The Hall–Kier alpha value is -3.28. The highest BCUT2D eigenvalue weighted by atomic mass is 16.5. The van der Waals surface area contributed by atoms with Crippen LogP contribution in [0, 0.1) is 0 Å². The van der Waals surface area contributed by atoms with Gasteiger partial charge in [0.05, 0.1) is 25.5 Å². The Morgan fingerprint density at radius 2 is 1.88 bits per heavy atom. The molecule has 3 rings (SSSR count). The van der Waals surface area contributed by atoms with E-state index < -0.39 is 0 Å². The summed E-state index contributed by atoms with van der Waals surface area (Å²) in [5, 5.41) is 7.20. The Morgan fingerprint density at radius 1 is 1.16 bits per heavy atom. The van der Waals surface area contributed by atoms with Gasteiger partial charge in [0.15, 0.2) is 0 Å². The number of urea groups is 1. The summed E-state index contributed by atoms with van der Waals surface area (Å²) in [5.41, 5.74) is 2.66. The van der Waals surface area contributed by atoms with Gasteiger partial charge in [0, 0.05) is 24.5 Å². The van der Waals surface area contributed by atoms with E-state index >= 15 is 0 Å². The summed E-state index contributed by atoms with van der Waals surface area (Å²) in [6.45, 7) is 0.467. The third kappa shape index (κ3) is 4.17. The molecule has 0 atom stereocenters. The molecule has 0 fully saturated rings. The number of carbonyl (C=O) groups excluding carboxylic acids is 1. The minimum absolute atomic E-state index is 0.183. The van der Waals surface area contributed by atoms with Crippen LogP contribution in [-0.4, -0.2) is 34.9 Å². The first-order valence-corrected chi connectivity index (χ1v) is 7.91. The molecule has 2 aromatic carbocycles. The maximum Gasteiger partial charge on any atom is 0.321 e. The number of carbonyl (C=O) groups is 1. The van der Waals surface area contributed by atoms with Gasteiger partial charge in [-0.05, 0) is 36.4 Å². The average molecular weight is 336 g/mol. The average Bonchev–Trinajstić information content (AvgIpc) is 3.11. The van der Waals surface area contributed by atoms with Crippen molar-refractivity contribution in [1.29, 1.82) is 0 Å². The number of hydrogen-bond acceptors (Lipinski definition) is 3. The Morgan fingerprint density at radius 3 is 2.56 bits per heavy atom. The van der Waals surface area contributed by atoms with Crippen molar-refractivity contribution >= 4 is 11.7 Å². The van der Waals surface area contributed by atoms with Crippen LogP contribution in [0.4, 0.5) is 10.5 Å². The molecule has 1 N–H and O–H groups in total. The molecule has 6 heteroatoms. The van der Waals surface area contributed by atoms with E-state index in [0.29, 0.717) is 6.54 Å². The lowest BCUT2D eigenvalue weighted by atomic mass is 10.3. The fourth-order valence-electron chi connectivity index (χ4n) is 2.40. The molecule has 3 aromatic rings. The molecule has 0 bridgehead atoms. The van der Waals surface area contributed by atoms with E-state index in [0.717, 1.165) is 22.7 Å². The summed E-state index contributed by atoms with van der Waals surface area (Å²) >= 11 is 0. The minimum Gasteiger partial charge on any atom is -0.497 e. The number of hydrogen-bond donors (Lipinski definition) is 1. The molecule has 0 aliphatic carbocycles. The lowest BCUT2D eigenvalue weighted by Gasteiger charge is -2.17. The number of nitrogens with zero attached hydrogens (tertiary/aromatic N) is 3. The monoisotopic (exact) mass is 336 g/mol. The third-order valence-electron chi connectivity index (χ3n) is 3.76. The van der Waals surface area contributed by atoms with Crippen LogP contribution in [0.3, 0.4) is 0 Å². The molecule has 25 heavy (non-hydrogen) atoms. The molecule has 0 radical (unpaired) electrons. The molecule has 1 aromatic heterocycles. The van der Waals surface area contributed by atoms with Gasteiger partial charge in [-0.2, -0.15) is 5.10 Å². The first kappa shape index (κ1) is 16.6. The van der Waals surface area contributed by atoms with Crippen molar-refractivity contribution in [1.82, 2.24) is 14.7 Å². The molecule has 0 unspecified atom stereocenters. The van der Waals surface area contributed by atoms with E-state index in [1.54, 1.807) is 54.2 Å². The maximum atomic E-state index is 12.3. The first-order chi connectivity index (χ1) is 12.2. The minimum atomic E-state index is -0.183. The van der Waals surface area contributed by atoms with Crippen LogP contribution in [0.1, 0.15) is 5.56 Å². The predicted molar refractivity (Wildman–Crippen MR) is 97.0 cm³/mol. The van der Waals surface area contributed by atoms with Crippen LogP contribution in [-0.2, 0) is 6.54 Å². The normalized spacial score (nSPS) is 10.3. The summed E-state index contributed by atoms with van der Waals surface area (Å²) in [6, 6.07) is 16.9. The maximum absolute atomic E-state index is 12.3. The van der Waals surface area contributed by atoms with E-state index in [4.69, 9.17) is 4.74 Å². The number of amides is 2. The van der Waals surface area contributed by atoms with Crippen molar-refractivity contribution in [2.24, 2.45) is 0 Å². The topological polar surface area (TPSA) is 59.4 Å². The number of anilines is 1. The molecule has 0 aliphatic rings. The lowest BCUT2D eigenvalue weighted by molar-refractivity contribution is 0.220. The van der Waals surface area contributed by atoms with Gasteiger partial charge in [-0.15, -0.1) is 0 Å². The number of nitrogens with one attached hydrogen (secondary N) is 1. The van der Waals surface area contributed by atoms with Crippen molar-refractivity contribution in [3.05, 3.63) is 72.6 Å². The van der Waals surface area contributed by atoms with Crippen molar-refractivity contribution < 1.29 is 9.53 Å². The highest BCUT2D eigenvalue weighted by molar-refractivity contribution is 5.89. The van der Waals surface area contributed by atoms with Crippen molar-refractivity contribution in [3.8, 4) is 11.4 Å². The standard InChI is InChI=1S/C19H20N4O2/c1-22(19(24)21-16-8-10-18(25-2)11-9-16)13-15-12-20-23(14-15)17-6-4-3-5-7-17/h3-12,14H,13H2,1-2H3,(H,21,24). The third-order valence-corrected chi connectivity index (χ3v) is 3.76. The summed E-state index contributed by atoms with van der Waals surface area (Å²) in [5.74, 6) is 0.750. The van der Waals surface area contributed by atoms with Gasteiger partial charge in [0.2, 0.25) is 0 Å². The molecule has 6 nitrogen and oxygen atoms in total. The molecular weight excluding hydrogens is 316 g/mol. The molecule has 0 saturated carbocycles. The Kier molecular flexibility index (Phi) is 4.99. The number of methoxy groups -OCH3 is 1. The molecular formula is C19H20N4O2.